The van der Waals surface area contributed by atoms with E-state index in [0.717, 1.165) is 10.9 Å². The normalized spacial score (nSPS) is 12.0. The number of fused-ring (bicyclic) bond motifs is 1. The molecule has 26 heavy (non-hydrogen) atoms. The first-order chi connectivity index (χ1) is 12.8. The zero-order valence-corrected chi connectivity index (χ0v) is 14.6. The summed E-state index contributed by atoms with van der Waals surface area (Å²) in [7, 11) is -1.54. The molecule has 2 aromatic carbocycles. The number of hydrogen-bond acceptors (Lipinski definition) is 5. The lowest BCUT2D eigenvalue weighted by Gasteiger charge is -2.07. The predicted molar refractivity (Wildman–Crippen MR) is 99.2 cm³/mol. The molecule has 0 bridgehead atoms. The molecule has 1 atom stereocenters. The third-order valence-corrected chi connectivity index (χ3v) is 5.06. The fourth-order valence-electron chi connectivity index (χ4n) is 2.55. The highest BCUT2D eigenvalue weighted by Gasteiger charge is 2.15. The van der Waals surface area contributed by atoms with Crippen LogP contribution in [-0.4, -0.2) is 19.2 Å². The summed E-state index contributed by atoms with van der Waals surface area (Å²) in [6, 6.07) is 20.8. The number of ether oxygens (including phenoxy) is 1. The van der Waals surface area contributed by atoms with E-state index < -0.39 is 10.8 Å². The Kier molecular flexibility index (Phi) is 4.66. The summed E-state index contributed by atoms with van der Waals surface area (Å²) in [5.74, 6) is 0.389. The maximum Gasteiger partial charge on any atom is 0.226 e. The van der Waals surface area contributed by atoms with Gasteiger partial charge >= 0.3 is 0 Å². The van der Waals surface area contributed by atoms with Crippen LogP contribution in [0.25, 0.3) is 10.9 Å². The lowest BCUT2D eigenvalue weighted by Crippen LogP contribution is -2.04. The molecule has 0 radical (unpaired) electrons. The fourth-order valence-corrected chi connectivity index (χ4v) is 3.63. The highest BCUT2D eigenvalue weighted by Crippen LogP contribution is 2.23. The molecule has 0 N–H and O–H groups in total. The quantitative estimate of drug-likeness (QED) is 0.506. The van der Waals surface area contributed by atoms with Crippen molar-refractivity contribution in [3.8, 4) is 5.88 Å². The van der Waals surface area contributed by atoms with Gasteiger partial charge in [0.2, 0.25) is 11.0 Å². The van der Waals surface area contributed by atoms with Gasteiger partial charge in [-0.25, -0.2) is 9.19 Å². The van der Waals surface area contributed by atoms with Gasteiger partial charge in [-0.2, -0.15) is 4.98 Å². The number of rotatable bonds is 5. The van der Waals surface area contributed by atoms with Crippen LogP contribution in [0.2, 0.25) is 0 Å². The van der Waals surface area contributed by atoms with E-state index in [1.165, 1.54) is 0 Å². The number of benzene rings is 2. The Morgan fingerprint density at radius 2 is 1.69 bits per heavy atom. The fraction of sp³-hybridized carbons (Fsp3) is 0.0500. The lowest BCUT2D eigenvalue weighted by molar-refractivity contribution is 0.290. The summed E-state index contributed by atoms with van der Waals surface area (Å²) in [5, 5.41) is 1.13. The SMILES string of the molecule is O=S(c1nccc(OCc2ccccc2)n1)c1cccc2cccnc12. The topological polar surface area (TPSA) is 65.0 Å². The Morgan fingerprint density at radius 3 is 2.58 bits per heavy atom. The molecule has 6 heteroatoms. The molecule has 0 aliphatic rings. The van der Waals surface area contributed by atoms with Crippen molar-refractivity contribution < 1.29 is 8.95 Å². The highest BCUT2D eigenvalue weighted by molar-refractivity contribution is 7.85. The summed E-state index contributed by atoms with van der Waals surface area (Å²) in [6.45, 7) is 0.389. The van der Waals surface area contributed by atoms with Crippen LogP contribution in [0.3, 0.4) is 0 Å². The Hall–Kier alpha value is -3.12. The summed E-state index contributed by atoms with van der Waals surface area (Å²) >= 11 is 0. The zero-order valence-electron chi connectivity index (χ0n) is 13.8. The minimum Gasteiger partial charge on any atom is -0.473 e. The monoisotopic (exact) mass is 361 g/mol. The van der Waals surface area contributed by atoms with Gasteiger partial charge in [-0.15, -0.1) is 0 Å². The Balaban J connectivity index is 1.60. The number of hydrogen-bond donors (Lipinski definition) is 0. The summed E-state index contributed by atoms with van der Waals surface area (Å²) in [4.78, 5) is 13.4. The molecule has 0 aliphatic carbocycles. The molecule has 0 saturated heterocycles. The highest BCUT2D eigenvalue weighted by atomic mass is 32.2. The third kappa shape index (κ3) is 3.45. The van der Waals surface area contributed by atoms with E-state index in [0.29, 0.717) is 22.9 Å². The first kappa shape index (κ1) is 16.4. The molecule has 1 unspecified atom stereocenters. The molecule has 128 valence electrons. The van der Waals surface area contributed by atoms with Crippen molar-refractivity contribution in [2.45, 2.75) is 16.7 Å². The van der Waals surface area contributed by atoms with Crippen LogP contribution in [0.5, 0.6) is 5.88 Å². The van der Waals surface area contributed by atoms with Gasteiger partial charge in [-0.1, -0.05) is 48.5 Å². The molecule has 5 nitrogen and oxygen atoms in total. The Labute approximate surface area is 153 Å². The second kappa shape index (κ2) is 7.41. The molecule has 0 amide bonds. The Bertz CT molecular complexity index is 1070. The van der Waals surface area contributed by atoms with Gasteiger partial charge in [0.1, 0.15) is 17.4 Å². The summed E-state index contributed by atoms with van der Waals surface area (Å²) < 4.78 is 18.7. The van der Waals surface area contributed by atoms with E-state index >= 15 is 0 Å². The lowest BCUT2D eigenvalue weighted by atomic mass is 10.2. The minimum absolute atomic E-state index is 0.203. The first-order valence-corrected chi connectivity index (χ1v) is 9.21. The molecule has 0 saturated carbocycles. The standard InChI is InChI=1S/C20H15N3O2S/c24-26(17-10-4-8-16-9-5-12-21-19(16)17)20-22-13-11-18(23-20)25-14-15-6-2-1-3-7-15/h1-13H,14H2. The first-order valence-electron chi connectivity index (χ1n) is 8.06. The van der Waals surface area contributed by atoms with Gasteiger partial charge in [0.15, 0.2) is 0 Å². The number of para-hydroxylation sites is 1. The van der Waals surface area contributed by atoms with Crippen molar-refractivity contribution >= 4 is 21.7 Å². The molecule has 0 aliphatic heterocycles. The van der Waals surface area contributed by atoms with Crippen molar-refractivity contribution in [2.24, 2.45) is 0 Å². The number of aromatic nitrogens is 3. The second-order valence-electron chi connectivity index (χ2n) is 5.55. The second-order valence-corrected chi connectivity index (χ2v) is 6.89. The van der Waals surface area contributed by atoms with Crippen LogP contribution in [0.15, 0.2) is 89.2 Å². The minimum atomic E-state index is -1.54. The molecule has 2 heterocycles. The average Bonchev–Trinajstić information content (AvgIpc) is 2.72. The smallest absolute Gasteiger partial charge is 0.226 e. The average molecular weight is 361 g/mol. The largest absolute Gasteiger partial charge is 0.473 e. The van der Waals surface area contributed by atoms with Crippen molar-refractivity contribution in [3.05, 3.63) is 84.7 Å². The van der Waals surface area contributed by atoms with Gasteiger partial charge in [0.05, 0.1) is 10.4 Å². The van der Waals surface area contributed by atoms with Gasteiger partial charge in [-0.3, -0.25) is 4.98 Å². The molecule has 2 aromatic heterocycles. The van der Waals surface area contributed by atoms with Gasteiger partial charge in [-0.05, 0) is 17.7 Å². The van der Waals surface area contributed by atoms with Crippen molar-refractivity contribution in [1.82, 2.24) is 15.0 Å². The van der Waals surface area contributed by atoms with Crippen molar-refractivity contribution in [1.29, 1.82) is 0 Å². The summed E-state index contributed by atoms with van der Waals surface area (Å²) in [6.07, 6.45) is 3.24. The van der Waals surface area contributed by atoms with Crippen LogP contribution in [0.1, 0.15) is 5.56 Å². The molecular weight excluding hydrogens is 346 g/mol. The van der Waals surface area contributed by atoms with Gasteiger partial charge in [0.25, 0.3) is 0 Å². The maximum absolute atomic E-state index is 13.0. The van der Waals surface area contributed by atoms with E-state index in [4.69, 9.17) is 4.74 Å². The van der Waals surface area contributed by atoms with Crippen molar-refractivity contribution in [3.63, 3.8) is 0 Å². The molecule has 4 aromatic rings. The van der Waals surface area contributed by atoms with Gasteiger partial charge < -0.3 is 4.74 Å². The van der Waals surface area contributed by atoms with E-state index in [1.54, 1.807) is 24.5 Å². The van der Waals surface area contributed by atoms with Crippen LogP contribution in [-0.2, 0) is 17.4 Å². The summed E-state index contributed by atoms with van der Waals surface area (Å²) in [5.41, 5.74) is 1.72. The maximum atomic E-state index is 13.0. The van der Waals surface area contributed by atoms with Crippen LogP contribution in [0.4, 0.5) is 0 Å². The molecule has 0 spiro atoms. The number of nitrogens with zero attached hydrogens (tertiary/aromatic N) is 3. The number of pyridine rings is 1. The van der Waals surface area contributed by atoms with Gasteiger partial charge in [0, 0.05) is 23.8 Å². The molecular formula is C20H15N3O2S. The van der Waals surface area contributed by atoms with E-state index in [2.05, 4.69) is 15.0 Å². The van der Waals surface area contributed by atoms with E-state index in [1.807, 2.05) is 54.6 Å². The molecule has 0 fully saturated rings. The zero-order chi connectivity index (χ0) is 17.8. The Morgan fingerprint density at radius 1 is 0.846 bits per heavy atom. The third-order valence-electron chi connectivity index (χ3n) is 3.80. The van der Waals surface area contributed by atoms with E-state index in [9.17, 15) is 4.21 Å². The van der Waals surface area contributed by atoms with Crippen molar-refractivity contribution in [2.75, 3.05) is 0 Å². The van der Waals surface area contributed by atoms with Crippen LogP contribution < -0.4 is 4.74 Å². The van der Waals surface area contributed by atoms with E-state index in [-0.39, 0.29) is 5.16 Å². The van der Waals surface area contributed by atoms with Crippen LogP contribution in [0, 0.1) is 0 Å². The predicted octanol–water partition coefficient (Wildman–Crippen LogP) is 3.77. The van der Waals surface area contributed by atoms with Crippen LogP contribution >= 0.6 is 0 Å². The molecule has 4 rings (SSSR count).